The Kier molecular flexibility index (Phi) is 3.35. The quantitative estimate of drug-likeness (QED) is 0.651. The van der Waals surface area contributed by atoms with Crippen molar-refractivity contribution in [1.82, 2.24) is 10.3 Å². The molecule has 0 radical (unpaired) electrons. The van der Waals surface area contributed by atoms with Crippen LogP contribution in [0.5, 0.6) is 0 Å². The van der Waals surface area contributed by atoms with Gasteiger partial charge in [-0.1, -0.05) is 0 Å². The molecule has 1 fully saturated rings. The molecule has 0 bridgehead atoms. The minimum atomic E-state index is -0.460. The molecular weight excluding hydrogens is 276 g/mol. The number of halogens is 1. The predicted octanol–water partition coefficient (Wildman–Crippen LogP) is 1.53. The molecule has 2 rings (SSSR count). The van der Waals surface area contributed by atoms with E-state index in [2.05, 4.69) is 31.5 Å². The number of pyridine rings is 1. The molecule has 6 nitrogen and oxygen atoms in total. The predicted molar refractivity (Wildman–Crippen MR) is 63.5 cm³/mol. The Morgan fingerprint density at radius 3 is 3.06 bits per heavy atom. The van der Waals surface area contributed by atoms with Gasteiger partial charge in [-0.3, -0.25) is 10.1 Å². The second kappa shape index (κ2) is 4.75. The maximum atomic E-state index is 10.5. The van der Waals surface area contributed by atoms with Crippen molar-refractivity contribution in [2.24, 2.45) is 0 Å². The Morgan fingerprint density at radius 2 is 2.50 bits per heavy atom. The molecule has 1 aromatic heterocycles. The van der Waals surface area contributed by atoms with E-state index in [9.17, 15) is 10.1 Å². The van der Waals surface area contributed by atoms with E-state index in [0.29, 0.717) is 16.3 Å². The van der Waals surface area contributed by atoms with Crippen LogP contribution in [-0.4, -0.2) is 29.0 Å². The maximum absolute atomic E-state index is 10.5. The summed E-state index contributed by atoms with van der Waals surface area (Å²) in [5, 5.41) is 17.0. The maximum Gasteiger partial charge on any atom is 0.288 e. The first-order valence-corrected chi connectivity index (χ1v) is 5.73. The molecular formula is C9H11BrN4O2. The number of hydrogen-bond acceptors (Lipinski definition) is 5. The molecule has 7 heteroatoms. The summed E-state index contributed by atoms with van der Waals surface area (Å²) >= 11 is 3.27. The van der Waals surface area contributed by atoms with Gasteiger partial charge in [0, 0.05) is 18.7 Å². The van der Waals surface area contributed by atoms with Crippen LogP contribution in [0.3, 0.4) is 0 Å². The average molecular weight is 287 g/mol. The van der Waals surface area contributed by atoms with Gasteiger partial charge in [-0.15, -0.1) is 0 Å². The second-order valence-corrected chi connectivity index (χ2v) is 4.47. The van der Waals surface area contributed by atoms with Crippen LogP contribution in [-0.2, 0) is 0 Å². The summed E-state index contributed by atoms with van der Waals surface area (Å²) in [6, 6.07) is 1.79. The fraction of sp³-hybridized carbons (Fsp3) is 0.444. The standard InChI is InChI=1S/C9H11BrN4O2/c10-8-3-7(14(15)16)5-12-9(8)13-6-1-2-11-4-6/h3,5-6,11H,1-2,4H2,(H,12,13). The highest BCUT2D eigenvalue weighted by Crippen LogP contribution is 2.25. The van der Waals surface area contributed by atoms with E-state index in [4.69, 9.17) is 0 Å². The third kappa shape index (κ3) is 2.48. The molecule has 2 heterocycles. The normalized spacial score (nSPS) is 19.7. The Labute approximate surface area is 101 Å². The first-order chi connectivity index (χ1) is 7.66. The smallest absolute Gasteiger partial charge is 0.288 e. The van der Waals surface area contributed by atoms with Gasteiger partial charge in [0.15, 0.2) is 0 Å². The first-order valence-electron chi connectivity index (χ1n) is 4.94. The zero-order valence-corrected chi connectivity index (χ0v) is 10.0. The highest BCUT2D eigenvalue weighted by molar-refractivity contribution is 9.10. The van der Waals surface area contributed by atoms with Crippen molar-refractivity contribution in [3.63, 3.8) is 0 Å². The van der Waals surface area contributed by atoms with Crippen LogP contribution in [0.2, 0.25) is 0 Å². The van der Waals surface area contributed by atoms with E-state index < -0.39 is 4.92 Å². The van der Waals surface area contributed by atoms with Crippen molar-refractivity contribution in [2.45, 2.75) is 12.5 Å². The van der Waals surface area contributed by atoms with Crippen molar-refractivity contribution in [1.29, 1.82) is 0 Å². The van der Waals surface area contributed by atoms with Gasteiger partial charge < -0.3 is 10.6 Å². The zero-order chi connectivity index (χ0) is 11.5. The van der Waals surface area contributed by atoms with Gasteiger partial charge in [-0.05, 0) is 28.9 Å². The van der Waals surface area contributed by atoms with Gasteiger partial charge in [0.25, 0.3) is 5.69 Å². The number of aromatic nitrogens is 1. The van der Waals surface area contributed by atoms with Gasteiger partial charge in [0.05, 0.1) is 9.40 Å². The molecule has 1 aliphatic heterocycles. The summed E-state index contributed by atoms with van der Waals surface area (Å²) in [7, 11) is 0. The van der Waals surface area contributed by atoms with Crippen LogP contribution < -0.4 is 10.6 Å². The van der Waals surface area contributed by atoms with Crippen LogP contribution >= 0.6 is 15.9 Å². The molecule has 0 aliphatic carbocycles. The highest BCUT2D eigenvalue weighted by Gasteiger charge is 2.17. The van der Waals surface area contributed by atoms with Crippen molar-refractivity contribution in [3.8, 4) is 0 Å². The molecule has 16 heavy (non-hydrogen) atoms. The summed E-state index contributed by atoms with van der Waals surface area (Å²) < 4.78 is 0.619. The minimum Gasteiger partial charge on any atom is -0.365 e. The Balaban J connectivity index is 2.12. The topological polar surface area (TPSA) is 80.1 Å². The van der Waals surface area contributed by atoms with E-state index in [1.807, 2.05) is 0 Å². The third-order valence-electron chi connectivity index (χ3n) is 2.44. The number of nitro groups is 1. The van der Waals surface area contributed by atoms with E-state index >= 15 is 0 Å². The largest absolute Gasteiger partial charge is 0.365 e. The SMILES string of the molecule is O=[N+]([O-])c1cnc(NC2CCNC2)c(Br)c1. The van der Waals surface area contributed by atoms with E-state index in [-0.39, 0.29) is 5.69 Å². The number of anilines is 1. The van der Waals surface area contributed by atoms with Gasteiger partial charge in [-0.25, -0.2) is 4.98 Å². The van der Waals surface area contributed by atoms with E-state index in [1.54, 1.807) is 0 Å². The molecule has 1 unspecified atom stereocenters. The van der Waals surface area contributed by atoms with Crippen LogP contribution in [0.15, 0.2) is 16.7 Å². The van der Waals surface area contributed by atoms with E-state index in [0.717, 1.165) is 19.5 Å². The lowest BCUT2D eigenvalue weighted by atomic mass is 10.2. The average Bonchev–Trinajstić information content (AvgIpc) is 2.73. The third-order valence-corrected chi connectivity index (χ3v) is 3.04. The molecule has 1 atom stereocenters. The molecule has 1 saturated heterocycles. The Bertz CT molecular complexity index is 406. The molecule has 0 saturated carbocycles. The van der Waals surface area contributed by atoms with Gasteiger partial charge in [-0.2, -0.15) is 0 Å². The van der Waals surface area contributed by atoms with Crippen LogP contribution in [0, 0.1) is 10.1 Å². The molecule has 0 amide bonds. The van der Waals surface area contributed by atoms with Gasteiger partial charge in [0.2, 0.25) is 0 Å². The van der Waals surface area contributed by atoms with Crippen LogP contribution in [0.1, 0.15) is 6.42 Å². The summed E-state index contributed by atoms with van der Waals surface area (Å²) in [6.45, 7) is 1.88. The fourth-order valence-corrected chi connectivity index (χ4v) is 2.06. The lowest BCUT2D eigenvalue weighted by Gasteiger charge is -2.12. The summed E-state index contributed by atoms with van der Waals surface area (Å²) in [5.41, 5.74) is -0.0121. The van der Waals surface area contributed by atoms with Crippen molar-refractivity contribution < 1.29 is 4.92 Å². The molecule has 1 aliphatic rings. The lowest BCUT2D eigenvalue weighted by Crippen LogP contribution is -2.22. The second-order valence-electron chi connectivity index (χ2n) is 3.62. The number of hydrogen-bond donors (Lipinski definition) is 2. The zero-order valence-electron chi connectivity index (χ0n) is 8.44. The fourth-order valence-electron chi connectivity index (χ4n) is 1.61. The summed E-state index contributed by atoms with van der Waals surface area (Å²) in [4.78, 5) is 14.1. The number of nitrogens with one attached hydrogen (secondary N) is 2. The van der Waals surface area contributed by atoms with Crippen molar-refractivity contribution in [2.75, 3.05) is 18.4 Å². The van der Waals surface area contributed by atoms with Crippen molar-refractivity contribution >= 4 is 27.4 Å². The summed E-state index contributed by atoms with van der Waals surface area (Å²) in [5.74, 6) is 0.652. The lowest BCUT2D eigenvalue weighted by molar-refractivity contribution is -0.385. The molecule has 0 spiro atoms. The first kappa shape index (κ1) is 11.3. The molecule has 86 valence electrons. The molecule has 0 aromatic carbocycles. The van der Waals surface area contributed by atoms with Crippen LogP contribution in [0.25, 0.3) is 0 Å². The number of nitrogens with zero attached hydrogens (tertiary/aromatic N) is 2. The highest BCUT2D eigenvalue weighted by atomic mass is 79.9. The molecule has 1 aromatic rings. The van der Waals surface area contributed by atoms with Gasteiger partial charge in [0.1, 0.15) is 12.0 Å². The summed E-state index contributed by atoms with van der Waals surface area (Å²) in [6.07, 6.45) is 2.29. The Morgan fingerprint density at radius 1 is 1.69 bits per heavy atom. The van der Waals surface area contributed by atoms with Crippen LogP contribution in [0.4, 0.5) is 11.5 Å². The molecule has 2 N–H and O–H groups in total. The minimum absolute atomic E-state index is 0.0121. The monoisotopic (exact) mass is 286 g/mol. The van der Waals surface area contributed by atoms with Crippen molar-refractivity contribution in [3.05, 3.63) is 26.9 Å². The Hall–Kier alpha value is -1.21. The number of rotatable bonds is 3. The van der Waals surface area contributed by atoms with E-state index in [1.165, 1.54) is 12.3 Å². The van der Waals surface area contributed by atoms with Gasteiger partial charge >= 0.3 is 0 Å².